The third kappa shape index (κ3) is 2.29. The molecule has 0 aromatic carbocycles. The van der Waals surface area contributed by atoms with Crippen molar-refractivity contribution in [3.8, 4) is 6.07 Å². The van der Waals surface area contributed by atoms with Gasteiger partial charge in [-0.1, -0.05) is 0 Å². The maximum atomic E-state index is 9.15. The summed E-state index contributed by atoms with van der Waals surface area (Å²) in [6.45, 7) is 2.66. The first-order valence-corrected chi connectivity index (χ1v) is 5.01. The second-order valence-corrected chi connectivity index (χ2v) is 3.51. The quantitative estimate of drug-likeness (QED) is 0.687. The molecule has 0 aliphatic carbocycles. The van der Waals surface area contributed by atoms with Gasteiger partial charge >= 0.3 is 0 Å². The molecule has 1 fully saturated rings. The monoisotopic (exact) mass is 203 g/mol. The van der Waals surface area contributed by atoms with Gasteiger partial charge in [-0.15, -0.1) is 0 Å². The van der Waals surface area contributed by atoms with Crippen molar-refractivity contribution in [1.82, 2.24) is 20.6 Å². The Bertz CT molecular complexity index is 339. The molecule has 0 spiro atoms. The number of rotatable bonds is 2. The third-order valence-electron chi connectivity index (χ3n) is 2.54. The molecule has 2 rings (SSSR count). The smallest absolute Gasteiger partial charge is 0.115 e. The molecule has 0 amide bonds. The molecule has 2 atom stereocenters. The summed E-state index contributed by atoms with van der Waals surface area (Å²) in [5.74, 6) is -0.208. The lowest BCUT2D eigenvalue weighted by atomic mass is 9.96. The number of nitrogens with one attached hydrogen (secondary N) is 2. The molecule has 1 aliphatic rings. The molecule has 5 heteroatoms. The molecule has 2 N–H and O–H groups in total. The van der Waals surface area contributed by atoms with Crippen LogP contribution in [0, 0.1) is 11.3 Å². The fourth-order valence-electron chi connectivity index (χ4n) is 1.76. The maximum Gasteiger partial charge on any atom is 0.115 e. The number of nitriles is 1. The van der Waals surface area contributed by atoms with Crippen LogP contribution >= 0.6 is 0 Å². The molecule has 2 heterocycles. The highest BCUT2D eigenvalue weighted by atomic mass is 15.1. The van der Waals surface area contributed by atoms with Crippen molar-refractivity contribution in [2.24, 2.45) is 0 Å². The van der Waals surface area contributed by atoms with Crippen molar-refractivity contribution in [3.05, 3.63) is 24.3 Å². The van der Waals surface area contributed by atoms with Crippen LogP contribution in [0.5, 0.6) is 0 Å². The van der Waals surface area contributed by atoms with E-state index in [1.165, 1.54) is 6.33 Å². The Morgan fingerprint density at radius 3 is 3.07 bits per heavy atom. The fraction of sp³-hybridized carbons (Fsp3) is 0.500. The van der Waals surface area contributed by atoms with Crippen LogP contribution in [0.2, 0.25) is 0 Å². The summed E-state index contributed by atoms with van der Waals surface area (Å²) in [7, 11) is 0. The number of nitrogens with zero attached hydrogens (tertiary/aromatic N) is 3. The van der Waals surface area contributed by atoms with Gasteiger partial charge in [0.2, 0.25) is 0 Å². The Kier molecular flexibility index (Phi) is 3.22. The van der Waals surface area contributed by atoms with Crippen LogP contribution in [-0.2, 0) is 0 Å². The van der Waals surface area contributed by atoms with E-state index in [2.05, 4.69) is 26.7 Å². The van der Waals surface area contributed by atoms with Crippen LogP contribution in [0.3, 0.4) is 0 Å². The highest BCUT2D eigenvalue weighted by Crippen LogP contribution is 2.16. The highest BCUT2D eigenvalue weighted by Gasteiger charge is 2.25. The van der Waals surface area contributed by atoms with Gasteiger partial charge in [-0.2, -0.15) is 5.26 Å². The molecule has 0 radical (unpaired) electrons. The fourth-order valence-corrected chi connectivity index (χ4v) is 1.76. The first-order valence-electron chi connectivity index (χ1n) is 5.01. The predicted octanol–water partition coefficient (Wildman–Crippen LogP) is -0.355. The molecule has 0 bridgehead atoms. The van der Waals surface area contributed by atoms with Gasteiger partial charge in [0.15, 0.2) is 0 Å². The molecule has 2 unspecified atom stereocenters. The van der Waals surface area contributed by atoms with Crippen LogP contribution in [0.1, 0.15) is 11.6 Å². The minimum Gasteiger partial charge on any atom is -0.314 e. The largest absolute Gasteiger partial charge is 0.314 e. The van der Waals surface area contributed by atoms with E-state index in [1.54, 1.807) is 12.3 Å². The van der Waals surface area contributed by atoms with Crippen LogP contribution < -0.4 is 10.6 Å². The number of hydrogen-bond donors (Lipinski definition) is 2. The van der Waals surface area contributed by atoms with E-state index in [-0.39, 0.29) is 12.0 Å². The molecule has 1 aromatic heterocycles. The Balaban J connectivity index is 2.14. The molecule has 0 saturated carbocycles. The zero-order valence-electron chi connectivity index (χ0n) is 8.35. The summed E-state index contributed by atoms with van der Waals surface area (Å²) < 4.78 is 0. The average molecular weight is 203 g/mol. The number of aromatic nitrogens is 2. The zero-order chi connectivity index (χ0) is 10.5. The lowest BCUT2D eigenvalue weighted by molar-refractivity contribution is 0.394. The number of hydrogen-bond acceptors (Lipinski definition) is 5. The van der Waals surface area contributed by atoms with E-state index in [4.69, 9.17) is 5.26 Å². The summed E-state index contributed by atoms with van der Waals surface area (Å²) in [6.07, 6.45) is 3.15. The molecule has 1 saturated heterocycles. The van der Waals surface area contributed by atoms with Crippen molar-refractivity contribution in [2.45, 2.75) is 12.0 Å². The molecular formula is C10H13N5. The SMILES string of the molecule is N#CC(c1ccncn1)C1CNCCN1. The van der Waals surface area contributed by atoms with Crippen LogP contribution in [0.25, 0.3) is 0 Å². The summed E-state index contributed by atoms with van der Waals surface area (Å²) in [5, 5.41) is 15.7. The van der Waals surface area contributed by atoms with Gasteiger partial charge in [-0.25, -0.2) is 9.97 Å². The first-order chi connectivity index (χ1) is 7.42. The second kappa shape index (κ2) is 4.82. The molecule has 15 heavy (non-hydrogen) atoms. The predicted molar refractivity (Wildman–Crippen MR) is 55.0 cm³/mol. The van der Waals surface area contributed by atoms with Crippen LogP contribution in [-0.4, -0.2) is 35.6 Å². The van der Waals surface area contributed by atoms with Crippen molar-refractivity contribution < 1.29 is 0 Å². The van der Waals surface area contributed by atoms with Crippen LogP contribution in [0.15, 0.2) is 18.6 Å². The van der Waals surface area contributed by atoms with Gasteiger partial charge < -0.3 is 10.6 Å². The number of piperazine rings is 1. The van der Waals surface area contributed by atoms with Crippen LogP contribution in [0.4, 0.5) is 0 Å². The van der Waals surface area contributed by atoms with Crippen molar-refractivity contribution >= 4 is 0 Å². The molecule has 78 valence electrons. The maximum absolute atomic E-state index is 9.15. The van der Waals surface area contributed by atoms with Gasteiger partial charge in [-0.3, -0.25) is 0 Å². The van der Waals surface area contributed by atoms with E-state index in [0.29, 0.717) is 0 Å². The Morgan fingerprint density at radius 1 is 1.53 bits per heavy atom. The lowest BCUT2D eigenvalue weighted by Gasteiger charge is -2.27. The van der Waals surface area contributed by atoms with E-state index in [9.17, 15) is 0 Å². The van der Waals surface area contributed by atoms with E-state index in [0.717, 1.165) is 25.3 Å². The van der Waals surface area contributed by atoms with Gasteiger partial charge in [-0.05, 0) is 6.07 Å². The van der Waals surface area contributed by atoms with Crippen molar-refractivity contribution in [2.75, 3.05) is 19.6 Å². The van der Waals surface area contributed by atoms with Crippen molar-refractivity contribution in [3.63, 3.8) is 0 Å². The molecular weight excluding hydrogens is 190 g/mol. The lowest BCUT2D eigenvalue weighted by Crippen LogP contribution is -2.51. The van der Waals surface area contributed by atoms with Gasteiger partial charge in [0, 0.05) is 31.9 Å². The minimum atomic E-state index is -0.208. The highest BCUT2D eigenvalue weighted by molar-refractivity contribution is 5.18. The summed E-state index contributed by atoms with van der Waals surface area (Å²) >= 11 is 0. The topological polar surface area (TPSA) is 73.6 Å². The third-order valence-corrected chi connectivity index (χ3v) is 2.54. The normalized spacial score (nSPS) is 23.0. The summed E-state index contributed by atoms with van der Waals surface area (Å²) in [6, 6.07) is 4.23. The second-order valence-electron chi connectivity index (χ2n) is 3.51. The molecule has 5 nitrogen and oxygen atoms in total. The Morgan fingerprint density at radius 2 is 2.47 bits per heavy atom. The van der Waals surface area contributed by atoms with Gasteiger partial charge in [0.05, 0.1) is 11.8 Å². The standard InChI is InChI=1S/C10H13N5/c11-5-8(9-1-2-13-7-15-9)10-6-12-3-4-14-10/h1-2,7-8,10,12,14H,3-4,6H2. The van der Waals surface area contributed by atoms with Gasteiger partial charge in [0.1, 0.15) is 12.2 Å². The summed E-state index contributed by atoms with van der Waals surface area (Å²) in [5.41, 5.74) is 0.786. The minimum absolute atomic E-state index is 0.138. The Hall–Kier alpha value is -1.51. The van der Waals surface area contributed by atoms with Gasteiger partial charge in [0.25, 0.3) is 0 Å². The van der Waals surface area contributed by atoms with Crippen molar-refractivity contribution in [1.29, 1.82) is 5.26 Å². The molecule has 1 aliphatic heterocycles. The van der Waals surface area contributed by atoms with E-state index in [1.807, 2.05) is 0 Å². The van der Waals surface area contributed by atoms with E-state index >= 15 is 0 Å². The average Bonchev–Trinajstić information content (AvgIpc) is 2.33. The zero-order valence-corrected chi connectivity index (χ0v) is 8.35. The first kappa shape index (κ1) is 10.0. The molecule has 1 aromatic rings. The Labute approximate surface area is 88.5 Å². The van der Waals surface area contributed by atoms with E-state index < -0.39 is 0 Å². The summed E-state index contributed by atoms with van der Waals surface area (Å²) in [4.78, 5) is 7.97.